The highest BCUT2D eigenvalue weighted by atomic mass is 35.5. The summed E-state index contributed by atoms with van der Waals surface area (Å²) in [5, 5.41) is 3.50. The van der Waals surface area contributed by atoms with Gasteiger partial charge < -0.3 is 5.32 Å². The van der Waals surface area contributed by atoms with Gasteiger partial charge in [-0.15, -0.1) is 11.6 Å². The van der Waals surface area contributed by atoms with Gasteiger partial charge in [-0.2, -0.15) is 0 Å². The Balaban J connectivity index is 3.68. The Morgan fingerprint density at radius 1 is 1.15 bits per heavy atom. The molecule has 0 radical (unpaired) electrons. The number of nitrogens with one attached hydrogen (secondary N) is 1. The van der Waals surface area contributed by atoms with Gasteiger partial charge in [-0.1, -0.05) is 27.2 Å². The minimum Gasteiger partial charge on any atom is -0.316 e. The van der Waals surface area contributed by atoms with E-state index in [1.807, 2.05) is 0 Å². The van der Waals surface area contributed by atoms with Crippen LogP contribution in [0.1, 0.15) is 46.5 Å². The molecule has 13 heavy (non-hydrogen) atoms. The Kier molecular flexibility index (Phi) is 7.78. The standard InChI is InChI=1S/C11H24ClN/c1-4-7-8-13-10-11(5-2,6-3)9-12/h13H,4-10H2,1-3H3. The third-order valence-corrected chi connectivity index (χ3v) is 3.56. The van der Waals surface area contributed by atoms with Crippen molar-refractivity contribution in [2.45, 2.75) is 46.5 Å². The molecule has 0 aromatic heterocycles. The smallest absolute Gasteiger partial charge is 0.0291 e. The van der Waals surface area contributed by atoms with E-state index >= 15 is 0 Å². The molecular formula is C11H24ClN. The van der Waals surface area contributed by atoms with E-state index < -0.39 is 0 Å². The summed E-state index contributed by atoms with van der Waals surface area (Å²) >= 11 is 6.00. The summed E-state index contributed by atoms with van der Waals surface area (Å²) in [5.41, 5.74) is 0.329. The summed E-state index contributed by atoms with van der Waals surface area (Å²) in [6.07, 6.45) is 4.88. The molecule has 2 heteroatoms. The molecule has 0 unspecified atom stereocenters. The van der Waals surface area contributed by atoms with Gasteiger partial charge in [-0.25, -0.2) is 0 Å². The minimum absolute atomic E-state index is 0.329. The van der Waals surface area contributed by atoms with E-state index in [-0.39, 0.29) is 0 Å². The third kappa shape index (κ3) is 4.87. The first-order valence-corrected chi connectivity index (χ1v) is 6.04. The molecule has 0 bridgehead atoms. The van der Waals surface area contributed by atoms with Gasteiger partial charge in [-0.05, 0) is 31.2 Å². The number of alkyl halides is 1. The fourth-order valence-electron chi connectivity index (χ4n) is 1.39. The second-order valence-corrected chi connectivity index (χ2v) is 4.14. The normalized spacial score (nSPS) is 12.0. The zero-order valence-electron chi connectivity index (χ0n) is 9.33. The fraction of sp³-hybridized carbons (Fsp3) is 1.00. The molecule has 0 fully saturated rings. The predicted octanol–water partition coefficient (Wildman–Crippen LogP) is 3.42. The topological polar surface area (TPSA) is 12.0 Å². The summed E-state index contributed by atoms with van der Waals surface area (Å²) in [6, 6.07) is 0. The lowest BCUT2D eigenvalue weighted by atomic mass is 9.84. The fourth-order valence-corrected chi connectivity index (χ4v) is 1.86. The number of halogens is 1. The van der Waals surface area contributed by atoms with Gasteiger partial charge in [0.05, 0.1) is 0 Å². The van der Waals surface area contributed by atoms with Gasteiger partial charge in [-0.3, -0.25) is 0 Å². The van der Waals surface area contributed by atoms with Crippen LogP contribution in [0.25, 0.3) is 0 Å². The van der Waals surface area contributed by atoms with E-state index in [2.05, 4.69) is 26.1 Å². The zero-order chi connectivity index (χ0) is 10.2. The molecule has 0 atom stereocenters. The lowest BCUT2D eigenvalue weighted by Gasteiger charge is -2.29. The average molecular weight is 206 g/mol. The maximum Gasteiger partial charge on any atom is 0.0291 e. The van der Waals surface area contributed by atoms with Crippen LogP contribution in [0.2, 0.25) is 0 Å². The van der Waals surface area contributed by atoms with Crippen molar-refractivity contribution in [3.8, 4) is 0 Å². The van der Waals surface area contributed by atoms with Gasteiger partial charge in [0.15, 0.2) is 0 Å². The summed E-state index contributed by atoms with van der Waals surface area (Å²) in [4.78, 5) is 0. The van der Waals surface area contributed by atoms with Crippen molar-refractivity contribution in [3.05, 3.63) is 0 Å². The molecule has 0 aliphatic carbocycles. The van der Waals surface area contributed by atoms with Gasteiger partial charge in [0.25, 0.3) is 0 Å². The highest BCUT2D eigenvalue weighted by molar-refractivity contribution is 6.18. The quantitative estimate of drug-likeness (QED) is 0.473. The van der Waals surface area contributed by atoms with Crippen LogP contribution < -0.4 is 5.32 Å². The monoisotopic (exact) mass is 205 g/mol. The van der Waals surface area contributed by atoms with E-state index in [1.54, 1.807) is 0 Å². The molecule has 0 aliphatic heterocycles. The van der Waals surface area contributed by atoms with Crippen molar-refractivity contribution in [3.63, 3.8) is 0 Å². The van der Waals surface area contributed by atoms with Gasteiger partial charge in [0.1, 0.15) is 0 Å². The van der Waals surface area contributed by atoms with E-state index in [1.165, 1.54) is 25.7 Å². The Morgan fingerprint density at radius 3 is 2.15 bits per heavy atom. The van der Waals surface area contributed by atoms with Crippen LogP contribution in [-0.2, 0) is 0 Å². The molecule has 0 saturated heterocycles. The minimum atomic E-state index is 0.329. The SMILES string of the molecule is CCCCNCC(CC)(CC)CCl. The number of unbranched alkanes of at least 4 members (excludes halogenated alkanes) is 1. The molecule has 1 N–H and O–H groups in total. The lowest BCUT2D eigenvalue weighted by molar-refractivity contribution is 0.286. The van der Waals surface area contributed by atoms with Gasteiger partial charge in [0, 0.05) is 12.4 Å². The predicted molar refractivity (Wildman–Crippen MR) is 61.5 cm³/mol. The Bertz CT molecular complexity index is 102. The molecular weight excluding hydrogens is 182 g/mol. The van der Waals surface area contributed by atoms with Crippen LogP contribution in [0.4, 0.5) is 0 Å². The third-order valence-electron chi connectivity index (χ3n) is 2.99. The van der Waals surface area contributed by atoms with Crippen LogP contribution in [0, 0.1) is 5.41 Å². The number of rotatable bonds is 8. The highest BCUT2D eigenvalue weighted by Gasteiger charge is 2.23. The zero-order valence-corrected chi connectivity index (χ0v) is 10.1. The first-order chi connectivity index (χ1) is 6.24. The highest BCUT2D eigenvalue weighted by Crippen LogP contribution is 2.26. The number of hydrogen-bond acceptors (Lipinski definition) is 1. The van der Waals surface area contributed by atoms with Crippen molar-refractivity contribution in [2.75, 3.05) is 19.0 Å². The van der Waals surface area contributed by atoms with E-state index in [0.29, 0.717) is 5.41 Å². The summed E-state index contributed by atoms with van der Waals surface area (Å²) < 4.78 is 0. The molecule has 0 aliphatic rings. The van der Waals surface area contributed by atoms with E-state index in [4.69, 9.17) is 11.6 Å². The summed E-state index contributed by atoms with van der Waals surface area (Å²) in [7, 11) is 0. The van der Waals surface area contributed by atoms with Gasteiger partial charge in [0.2, 0.25) is 0 Å². The molecule has 0 aromatic carbocycles. The van der Waals surface area contributed by atoms with Crippen LogP contribution in [-0.4, -0.2) is 19.0 Å². The maximum atomic E-state index is 6.00. The first-order valence-electron chi connectivity index (χ1n) is 5.51. The molecule has 0 saturated carbocycles. The van der Waals surface area contributed by atoms with Crippen LogP contribution in [0.3, 0.4) is 0 Å². The molecule has 0 spiro atoms. The van der Waals surface area contributed by atoms with E-state index in [0.717, 1.165) is 19.0 Å². The molecule has 0 heterocycles. The molecule has 1 nitrogen and oxygen atoms in total. The first kappa shape index (κ1) is 13.2. The van der Waals surface area contributed by atoms with Crippen molar-refractivity contribution < 1.29 is 0 Å². The second kappa shape index (κ2) is 7.64. The lowest BCUT2D eigenvalue weighted by Crippen LogP contribution is -2.35. The average Bonchev–Trinajstić information content (AvgIpc) is 2.20. The van der Waals surface area contributed by atoms with E-state index in [9.17, 15) is 0 Å². The summed E-state index contributed by atoms with van der Waals surface area (Å²) in [5.74, 6) is 0.777. The molecule has 0 rings (SSSR count). The molecule has 0 aromatic rings. The molecule has 0 amide bonds. The second-order valence-electron chi connectivity index (χ2n) is 3.87. The van der Waals surface area contributed by atoms with Crippen molar-refractivity contribution >= 4 is 11.6 Å². The van der Waals surface area contributed by atoms with Crippen LogP contribution in [0.15, 0.2) is 0 Å². The molecule has 80 valence electrons. The number of hydrogen-bond donors (Lipinski definition) is 1. The van der Waals surface area contributed by atoms with Crippen molar-refractivity contribution in [2.24, 2.45) is 5.41 Å². The van der Waals surface area contributed by atoms with Crippen LogP contribution >= 0.6 is 11.6 Å². The van der Waals surface area contributed by atoms with Crippen LogP contribution in [0.5, 0.6) is 0 Å². The summed E-state index contributed by atoms with van der Waals surface area (Å²) in [6.45, 7) is 8.88. The largest absolute Gasteiger partial charge is 0.316 e. The maximum absolute atomic E-state index is 6.00. The Hall–Kier alpha value is 0.250. The Morgan fingerprint density at radius 2 is 1.77 bits per heavy atom. The van der Waals surface area contributed by atoms with Crippen molar-refractivity contribution in [1.82, 2.24) is 5.32 Å². The Labute approximate surface area is 88.2 Å². The van der Waals surface area contributed by atoms with Gasteiger partial charge >= 0.3 is 0 Å². The van der Waals surface area contributed by atoms with Crippen molar-refractivity contribution in [1.29, 1.82) is 0 Å².